The van der Waals surface area contributed by atoms with Gasteiger partial charge in [0.05, 0.1) is 0 Å². The normalized spacial score (nSPS) is 17.2. The lowest BCUT2D eigenvalue weighted by Crippen LogP contribution is -2.39. The van der Waals surface area contributed by atoms with Gasteiger partial charge < -0.3 is 4.90 Å². The Hall–Kier alpha value is -0.350. The molecular weight excluding hydrogens is 346 g/mol. The van der Waals surface area contributed by atoms with Crippen molar-refractivity contribution in [3.63, 3.8) is 0 Å². The standard InChI is InChI=1S/C13H15Br2NO/c1-9-11(3-2-4-12(9)15)13(17)16-7-5-10(14)6-8-16/h2-4,10H,5-8H2,1H3. The third-order valence-corrected chi connectivity index (χ3v) is 4.98. The van der Waals surface area contributed by atoms with Crippen LogP contribution < -0.4 is 0 Å². The van der Waals surface area contributed by atoms with Crippen molar-refractivity contribution in [2.24, 2.45) is 0 Å². The molecule has 0 saturated carbocycles. The Balaban J connectivity index is 2.17. The number of benzene rings is 1. The number of hydrogen-bond acceptors (Lipinski definition) is 1. The largest absolute Gasteiger partial charge is 0.339 e. The van der Waals surface area contributed by atoms with E-state index in [1.807, 2.05) is 30.0 Å². The summed E-state index contributed by atoms with van der Waals surface area (Å²) in [6.07, 6.45) is 2.08. The highest BCUT2D eigenvalue weighted by Gasteiger charge is 2.23. The van der Waals surface area contributed by atoms with Gasteiger partial charge in [-0.25, -0.2) is 0 Å². The van der Waals surface area contributed by atoms with Crippen molar-refractivity contribution >= 4 is 37.8 Å². The molecule has 1 saturated heterocycles. The summed E-state index contributed by atoms with van der Waals surface area (Å²) in [7, 11) is 0. The zero-order chi connectivity index (χ0) is 12.4. The predicted molar refractivity (Wildman–Crippen MR) is 76.7 cm³/mol. The molecule has 1 aliphatic heterocycles. The molecule has 1 heterocycles. The lowest BCUT2D eigenvalue weighted by molar-refractivity contribution is 0.0727. The van der Waals surface area contributed by atoms with Crippen LogP contribution in [0.25, 0.3) is 0 Å². The second kappa shape index (κ2) is 5.53. The van der Waals surface area contributed by atoms with Crippen molar-refractivity contribution in [3.05, 3.63) is 33.8 Å². The summed E-state index contributed by atoms with van der Waals surface area (Å²) in [5.74, 6) is 0.156. The molecule has 1 fully saturated rings. The monoisotopic (exact) mass is 359 g/mol. The molecule has 1 aliphatic rings. The van der Waals surface area contributed by atoms with E-state index >= 15 is 0 Å². The maximum Gasteiger partial charge on any atom is 0.254 e. The van der Waals surface area contributed by atoms with Crippen LogP contribution in [0.1, 0.15) is 28.8 Å². The molecule has 0 N–H and O–H groups in total. The number of rotatable bonds is 1. The summed E-state index contributed by atoms with van der Waals surface area (Å²) in [5, 5.41) is 0. The molecule has 0 radical (unpaired) electrons. The summed E-state index contributed by atoms with van der Waals surface area (Å²) >= 11 is 7.07. The van der Waals surface area contributed by atoms with Crippen molar-refractivity contribution in [1.82, 2.24) is 4.90 Å². The first-order chi connectivity index (χ1) is 8.09. The van der Waals surface area contributed by atoms with E-state index in [-0.39, 0.29) is 5.91 Å². The second-order valence-electron chi connectivity index (χ2n) is 4.38. The summed E-state index contributed by atoms with van der Waals surface area (Å²) in [6, 6.07) is 5.79. The van der Waals surface area contributed by atoms with Crippen LogP contribution >= 0.6 is 31.9 Å². The minimum atomic E-state index is 0.156. The van der Waals surface area contributed by atoms with Crippen LogP contribution in [-0.4, -0.2) is 28.7 Å². The SMILES string of the molecule is Cc1c(Br)cccc1C(=O)N1CCC(Br)CC1. The molecule has 0 unspecified atom stereocenters. The molecule has 1 aromatic rings. The van der Waals surface area contributed by atoms with Crippen LogP contribution in [0.2, 0.25) is 0 Å². The van der Waals surface area contributed by atoms with Gasteiger partial charge in [-0.2, -0.15) is 0 Å². The number of carbonyl (C=O) groups is 1. The Morgan fingerprint density at radius 1 is 1.35 bits per heavy atom. The van der Waals surface area contributed by atoms with Gasteiger partial charge in [-0.3, -0.25) is 4.79 Å². The fourth-order valence-electron chi connectivity index (χ4n) is 2.06. The van der Waals surface area contributed by atoms with Gasteiger partial charge in [0.25, 0.3) is 5.91 Å². The Morgan fingerprint density at radius 3 is 2.65 bits per heavy atom. The van der Waals surface area contributed by atoms with Gasteiger partial charge in [0, 0.05) is 28.0 Å². The minimum Gasteiger partial charge on any atom is -0.339 e. The van der Waals surface area contributed by atoms with Crippen LogP contribution in [0.5, 0.6) is 0 Å². The Kier molecular flexibility index (Phi) is 4.26. The quantitative estimate of drug-likeness (QED) is 0.698. The van der Waals surface area contributed by atoms with Gasteiger partial charge in [-0.05, 0) is 37.5 Å². The number of carbonyl (C=O) groups excluding carboxylic acids is 1. The number of nitrogens with zero attached hydrogens (tertiary/aromatic N) is 1. The van der Waals surface area contributed by atoms with Gasteiger partial charge in [0.2, 0.25) is 0 Å². The number of halogens is 2. The highest BCUT2D eigenvalue weighted by atomic mass is 79.9. The van der Waals surface area contributed by atoms with Crippen LogP contribution in [-0.2, 0) is 0 Å². The van der Waals surface area contributed by atoms with Gasteiger partial charge in [0.15, 0.2) is 0 Å². The van der Waals surface area contributed by atoms with Gasteiger partial charge in [0.1, 0.15) is 0 Å². The fraction of sp³-hybridized carbons (Fsp3) is 0.462. The zero-order valence-corrected chi connectivity index (χ0v) is 12.9. The van der Waals surface area contributed by atoms with E-state index in [1.165, 1.54) is 0 Å². The molecule has 0 aromatic heterocycles. The maximum absolute atomic E-state index is 12.4. The predicted octanol–water partition coefficient (Wildman–Crippen LogP) is 3.76. The number of piperidine rings is 1. The second-order valence-corrected chi connectivity index (χ2v) is 6.53. The van der Waals surface area contributed by atoms with Crippen LogP contribution in [0.15, 0.2) is 22.7 Å². The van der Waals surface area contributed by atoms with E-state index in [4.69, 9.17) is 0 Å². The molecule has 4 heteroatoms. The molecule has 2 nitrogen and oxygen atoms in total. The third-order valence-electron chi connectivity index (χ3n) is 3.21. The third kappa shape index (κ3) is 2.91. The van der Waals surface area contributed by atoms with Crippen molar-refractivity contribution in [3.8, 4) is 0 Å². The molecule has 92 valence electrons. The topological polar surface area (TPSA) is 20.3 Å². The minimum absolute atomic E-state index is 0.156. The van der Waals surface area contributed by atoms with Crippen molar-refractivity contribution < 1.29 is 4.79 Å². The first-order valence-electron chi connectivity index (χ1n) is 5.78. The lowest BCUT2D eigenvalue weighted by Gasteiger charge is -2.30. The average Bonchev–Trinajstić information content (AvgIpc) is 2.33. The molecule has 0 bridgehead atoms. The smallest absolute Gasteiger partial charge is 0.254 e. The van der Waals surface area contributed by atoms with E-state index in [0.29, 0.717) is 4.83 Å². The number of likely N-dealkylation sites (tertiary alicyclic amines) is 1. The lowest BCUT2D eigenvalue weighted by atomic mass is 10.1. The van der Waals surface area contributed by atoms with Crippen LogP contribution in [0, 0.1) is 6.92 Å². The summed E-state index contributed by atoms with van der Waals surface area (Å²) in [4.78, 5) is 14.9. The molecule has 17 heavy (non-hydrogen) atoms. The molecule has 0 aliphatic carbocycles. The van der Waals surface area contributed by atoms with E-state index in [0.717, 1.165) is 41.5 Å². The van der Waals surface area contributed by atoms with Crippen LogP contribution in [0.4, 0.5) is 0 Å². The summed E-state index contributed by atoms with van der Waals surface area (Å²) < 4.78 is 0.999. The van der Waals surface area contributed by atoms with Gasteiger partial charge in [-0.15, -0.1) is 0 Å². The van der Waals surface area contributed by atoms with E-state index in [1.54, 1.807) is 0 Å². The zero-order valence-electron chi connectivity index (χ0n) is 9.75. The Labute approximate surface area is 119 Å². The molecule has 1 aromatic carbocycles. The fourth-order valence-corrected chi connectivity index (χ4v) is 2.84. The number of alkyl halides is 1. The van der Waals surface area contributed by atoms with Crippen molar-refractivity contribution in [2.75, 3.05) is 13.1 Å². The molecular formula is C13H15Br2NO. The first kappa shape index (κ1) is 13.1. The van der Waals surface area contributed by atoms with E-state index in [9.17, 15) is 4.79 Å². The Bertz CT molecular complexity index is 425. The molecule has 0 spiro atoms. The van der Waals surface area contributed by atoms with Gasteiger partial charge in [-0.1, -0.05) is 37.9 Å². The van der Waals surface area contributed by atoms with Gasteiger partial charge >= 0.3 is 0 Å². The van der Waals surface area contributed by atoms with Crippen molar-refractivity contribution in [1.29, 1.82) is 0 Å². The average molecular weight is 361 g/mol. The highest BCUT2D eigenvalue weighted by molar-refractivity contribution is 9.10. The summed E-state index contributed by atoms with van der Waals surface area (Å²) in [5.41, 5.74) is 1.84. The number of amides is 1. The maximum atomic E-state index is 12.4. The first-order valence-corrected chi connectivity index (χ1v) is 7.49. The van der Waals surface area contributed by atoms with E-state index < -0.39 is 0 Å². The number of hydrogen-bond donors (Lipinski definition) is 0. The highest BCUT2D eigenvalue weighted by Crippen LogP contribution is 2.23. The molecule has 0 atom stereocenters. The van der Waals surface area contributed by atoms with E-state index in [2.05, 4.69) is 31.9 Å². The van der Waals surface area contributed by atoms with Crippen LogP contribution in [0.3, 0.4) is 0 Å². The Morgan fingerprint density at radius 2 is 2.00 bits per heavy atom. The summed E-state index contributed by atoms with van der Waals surface area (Å²) in [6.45, 7) is 3.68. The molecule has 2 rings (SSSR count). The van der Waals surface area contributed by atoms with Crippen molar-refractivity contribution in [2.45, 2.75) is 24.6 Å². The molecule has 1 amide bonds.